The molecule has 0 saturated heterocycles. The number of carbonyl (C=O) groups is 3. The van der Waals surface area contributed by atoms with E-state index >= 15 is 0 Å². The summed E-state index contributed by atoms with van der Waals surface area (Å²) in [5.41, 5.74) is 0.967. The first kappa shape index (κ1) is 19.5. The van der Waals surface area contributed by atoms with Gasteiger partial charge >= 0.3 is 12.0 Å². The Bertz CT molecular complexity index is 586. The minimum Gasteiger partial charge on any atom is -0.493 e. The highest BCUT2D eigenvalue weighted by Gasteiger charge is 2.20. The topological polar surface area (TPSA) is 93.7 Å². The lowest BCUT2D eigenvalue weighted by Gasteiger charge is -2.14. The Labute approximate surface area is 141 Å². The number of hydrogen-bond acceptors (Lipinski definition) is 5. The second-order valence-electron chi connectivity index (χ2n) is 5.61. The van der Waals surface area contributed by atoms with E-state index < -0.39 is 24.0 Å². The first-order valence-electron chi connectivity index (χ1n) is 7.79. The van der Waals surface area contributed by atoms with E-state index in [2.05, 4.69) is 10.6 Å². The van der Waals surface area contributed by atoms with Gasteiger partial charge in [-0.1, -0.05) is 18.2 Å². The van der Waals surface area contributed by atoms with E-state index in [1.165, 1.54) is 6.92 Å². The van der Waals surface area contributed by atoms with E-state index in [0.717, 1.165) is 5.56 Å². The number of nitrogens with one attached hydrogen (secondary N) is 2. The Morgan fingerprint density at radius 2 is 1.79 bits per heavy atom. The summed E-state index contributed by atoms with van der Waals surface area (Å²) in [6, 6.07) is 6.73. The van der Waals surface area contributed by atoms with Crippen molar-refractivity contribution in [2.45, 2.75) is 46.3 Å². The SMILES string of the molecule is Cc1ccccc1OCCC(=O)OC(C)C(=O)NC(=O)NC(C)C. The fourth-order valence-corrected chi connectivity index (χ4v) is 1.78. The van der Waals surface area contributed by atoms with Gasteiger partial charge in [0.25, 0.3) is 5.91 Å². The summed E-state index contributed by atoms with van der Waals surface area (Å²) < 4.78 is 10.5. The molecule has 0 bridgehead atoms. The average molecular weight is 336 g/mol. The highest BCUT2D eigenvalue weighted by atomic mass is 16.5. The molecule has 0 aromatic heterocycles. The molecule has 1 unspecified atom stereocenters. The molecule has 7 heteroatoms. The number of ether oxygens (including phenoxy) is 2. The largest absolute Gasteiger partial charge is 0.493 e. The number of benzene rings is 1. The van der Waals surface area contributed by atoms with Crippen molar-refractivity contribution in [1.29, 1.82) is 0 Å². The predicted octanol–water partition coefficient (Wildman–Crippen LogP) is 1.93. The molecule has 132 valence electrons. The zero-order valence-electron chi connectivity index (χ0n) is 14.4. The summed E-state index contributed by atoms with van der Waals surface area (Å²) in [4.78, 5) is 34.9. The van der Waals surface area contributed by atoms with Gasteiger partial charge < -0.3 is 14.8 Å². The maximum Gasteiger partial charge on any atom is 0.321 e. The lowest BCUT2D eigenvalue weighted by atomic mass is 10.2. The predicted molar refractivity (Wildman–Crippen MR) is 88.7 cm³/mol. The summed E-state index contributed by atoms with van der Waals surface area (Å²) in [7, 11) is 0. The van der Waals surface area contributed by atoms with Crippen LogP contribution in [0.5, 0.6) is 5.75 Å². The normalized spacial score (nSPS) is 11.5. The van der Waals surface area contributed by atoms with E-state index in [-0.39, 0.29) is 19.1 Å². The van der Waals surface area contributed by atoms with E-state index in [1.54, 1.807) is 13.8 Å². The number of aryl methyl sites for hydroxylation is 1. The van der Waals surface area contributed by atoms with Crippen LogP contribution < -0.4 is 15.4 Å². The fraction of sp³-hybridized carbons (Fsp3) is 0.471. The molecule has 1 aromatic carbocycles. The molecule has 1 rings (SSSR count). The van der Waals surface area contributed by atoms with Crippen molar-refractivity contribution in [3.63, 3.8) is 0 Å². The van der Waals surface area contributed by atoms with Gasteiger partial charge in [0.15, 0.2) is 6.10 Å². The van der Waals surface area contributed by atoms with Gasteiger partial charge in [-0.25, -0.2) is 4.79 Å². The molecular weight excluding hydrogens is 312 g/mol. The second-order valence-corrected chi connectivity index (χ2v) is 5.61. The quantitative estimate of drug-likeness (QED) is 0.742. The maximum atomic E-state index is 11.7. The van der Waals surface area contributed by atoms with Crippen molar-refractivity contribution < 1.29 is 23.9 Å². The standard InChI is InChI=1S/C17H24N2O5/c1-11(2)18-17(22)19-16(21)13(4)24-15(20)9-10-23-14-8-6-5-7-12(14)3/h5-8,11,13H,9-10H2,1-4H3,(H2,18,19,21,22). The molecule has 2 N–H and O–H groups in total. The van der Waals surface area contributed by atoms with Crippen molar-refractivity contribution in [2.24, 2.45) is 0 Å². The molecule has 0 saturated carbocycles. The van der Waals surface area contributed by atoms with Crippen molar-refractivity contribution in [2.75, 3.05) is 6.61 Å². The highest BCUT2D eigenvalue weighted by Crippen LogP contribution is 2.16. The number of urea groups is 1. The van der Waals surface area contributed by atoms with Crippen LogP contribution >= 0.6 is 0 Å². The number of rotatable bonds is 7. The molecule has 0 fully saturated rings. The number of imide groups is 1. The Balaban J connectivity index is 2.32. The third-order valence-corrected chi connectivity index (χ3v) is 2.99. The second kappa shape index (κ2) is 9.54. The van der Waals surface area contributed by atoms with Gasteiger partial charge in [0.2, 0.25) is 0 Å². The van der Waals surface area contributed by atoms with Crippen LogP contribution in [0.15, 0.2) is 24.3 Å². The van der Waals surface area contributed by atoms with Crippen LogP contribution in [0.2, 0.25) is 0 Å². The van der Waals surface area contributed by atoms with Gasteiger partial charge in [-0.2, -0.15) is 0 Å². The van der Waals surface area contributed by atoms with Gasteiger partial charge in [-0.3, -0.25) is 14.9 Å². The molecule has 3 amide bonds. The smallest absolute Gasteiger partial charge is 0.321 e. The molecule has 24 heavy (non-hydrogen) atoms. The van der Waals surface area contributed by atoms with Gasteiger partial charge in [-0.15, -0.1) is 0 Å². The third-order valence-electron chi connectivity index (χ3n) is 2.99. The van der Waals surface area contributed by atoms with Crippen molar-refractivity contribution >= 4 is 17.9 Å². The monoisotopic (exact) mass is 336 g/mol. The molecule has 1 aromatic rings. The van der Waals surface area contributed by atoms with Crippen LogP contribution in [-0.2, 0) is 14.3 Å². The van der Waals surface area contributed by atoms with Crippen LogP contribution in [0.1, 0.15) is 32.8 Å². The van der Waals surface area contributed by atoms with Gasteiger partial charge in [0.05, 0.1) is 13.0 Å². The van der Waals surface area contributed by atoms with Crippen LogP contribution in [0.3, 0.4) is 0 Å². The molecule has 0 aliphatic carbocycles. The van der Waals surface area contributed by atoms with E-state index in [0.29, 0.717) is 5.75 Å². The Morgan fingerprint density at radius 1 is 1.12 bits per heavy atom. The number of carbonyl (C=O) groups excluding carboxylic acids is 3. The van der Waals surface area contributed by atoms with E-state index in [9.17, 15) is 14.4 Å². The lowest BCUT2D eigenvalue weighted by molar-refractivity contribution is -0.154. The van der Waals surface area contributed by atoms with Gasteiger partial charge in [-0.05, 0) is 39.3 Å². The maximum absolute atomic E-state index is 11.7. The molecule has 1 atom stereocenters. The summed E-state index contributed by atoms with van der Waals surface area (Å²) in [6.07, 6.45) is -1.06. The van der Waals surface area contributed by atoms with E-state index in [1.807, 2.05) is 31.2 Å². The number of esters is 1. The summed E-state index contributed by atoms with van der Waals surface area (Å²) in [5, 5.41) is 4.62. The molecule has 0 radical (unpaired) electrons. The summed E-state index contributed by atoms with van der Waals surface area (Å²) >= 11 is 0. The van der Waals surface area contributed by atoms with Crippen molar-refractivity contribution in [3.8, 4) is 5.75 Å². The zero-order chi connectivity index (χ0) is 18.1. The van der Waals surface area contributed by atoms with Gasteiger partial charge in [0, 0.05) is 6.04 Å². The Kier molecular flexibility index (Phi) is 7.74. The highest BCUT2D eigenvalue weighted by molar-refractivity contribution is 5.97. The van der Waals surface area contributed by atoms with Crippen LogP contribution in [-0.4, -0.2) is 36.7 Å². The Hall–Kier alpha value is -2.57. The number of hydrogen-bond donors (Lipinski definition) is 2. The van der Waals surface area contributed by atoms with Crippen LogP contribution in [0, 0.1) is 6.92 Å². The molecule has 0 aliphatic heterocycles. The lowest BCUT2D eigenvalue weighted by Crippen LogP contribution is -2.46. The number of amides is 3. The summed E-state index contributed by atoms with van der Waals surface area (Å²) in [6.45, 7) is 6.98. The zero-order valence-corrected chi connectivity index (χ0v) is 14.4. The molecular formula is C17H24N2O5. The molecule has 0 aliphatic rings. The van der Waals surface area contributed by atoms with Crippen LogP contribution in [0.25, 0.3) is 0 Å². The van der Waals surface area contributed by atoms with Gasteiger partial charge in [0.1, 0.15) is 5.75 Å². The van der Waals surface area contributed by atoms with E-state index in [4.69, 9.17) is 9.47 Å². The average Bonchev–Trinajstić information content (AvgIpc) is 2.48. The van der Waals surface area contributed by atoms with Crippen molar-refractivity contribution in [1.82, 2.24) is 10.6 Å². The Morgan fingerprint density at radius 3 is 2.42 bits per heavy atom. The summed E-state index contributed by atoms with van der Waals surface area (Å²) in [5.74, 6) is -0.557. The molecule has 0 spiro atoms. The first-order chi connectivity index (χ1) is 11.3. The van der Waals surface area contributed by atoms with Crippen LogP contribution in [0.4, 0.5) is 4.79 Å². The fourth-order valence-electron chi connectivity index (χ4n) is 1.78. The molecule has 0 heterocycles. The van der Waals surface area contributed by atoms with Crippen molar-refractivity contribution in [3.05, 3.63) is 29.8 Å². The minimum atomic E-state index is -1.06. The number of para-hydroxylation sites is 1. The third kappa shape index (κ3) is 7.13. The minimum absolute atomic E-state index is 0.00411. The first-order valence-corrected chi connectivity index (χ1v) is 7.79. The molecule has 7 nitrogen and oxygen atoms in total.